The van der Waals surface area contributed by atoms with Crippen LogP contribution in [-0.4, -0.2) is 51.7 Å². The van der Waals surface area contributed by atoms with E-state index in [1.807, 2.05) is 24.3 Å². The zero-order valence-electron chi connectivity index (χ0n) is 19.9. The highest BCUT2D eigenvalue weighted by Crippen LogP contribution is 2.65. The van der Waals surface area contributed by atoms with Crippen LogP contribution in [0.2, 0.25) is 0 Å². The number of oxime groups is 1. The molecule has 34 heavy (non-hydrogen) atoms. The maximum atomic E-state index is 12.5. The van der Waals surface area contributed by atoms with Crippen LogP contribution < -0.4 is 9.57 Å². The number of piperidine rings is 1. The van der Waals surface area contributed by atoms with Gasteiger partial charge in [-0.15, -0.1) is 0 Å². The molecule has 2 aromatic rings. The standard InChI is InChI=1S/C28H32N2O4/c1-16-3-7-20(13-17(16)2)34-29-21-9-10-28(32)23-14-19-6-8-22(31)25-24(19)27(28,26(21)33-25)11-12-30(23)15-18-4-5-18/h3,6-8,13,18,23,26,31-32H,4-5,9-12,14-15H2,1-2H3/b29-21+/t23-,26+,27+,28-/m1/s1. The van der Waals surface area contributed by atoms with Crippen molar-refractivity contribution in [3.8, 4) is 17.2 Å². The molecule has 6 heteroatoms. The fourth-order valence-electron chi connectivity index (χ4n) is 7.26. The number of nitrogens with zero attached hydrogens (tertiary/aromatic N) is 2. The maximum absolute atomic E-state index is 12.5. The fourth-order valence-corrected chi connectivity index (χ4v) is 7.26. The minimum Gasteiger partial charge on any atom is -0.504 e. The molecule has 0 unspecified atom stereocenters. The zero-order chi connectivity index (χ0) is 23.2. The molecule has 0 amide bonds. The van der Waals surface area contributed by atoms with Crippen molar-refractivity contribution < 1.29 is 19.8 Å². The molecule has 3 aliphatic carbocycles. The van der Waals surface area contributed by atoms with E-state index in [2.05, 4.69) is 23.9 Å². The minimum atomic E-state index is -0.906. The lowest BCUT2D eigenvalue weighted by Crippen LogP contribution is -2.76. The molecule has 3 fully saturated rings. The molecular formula is C28H32N2O4. The number of phenolic OH excluding ortho intramolecular Hbond substituents is 1. The van der Waals surface area contributed by atoms with Gasteiger partial charge in [0.15, 0.2) is 23.4 Å². The van der Waals surface area contributed by atoms with Crippen molar-refractivity contribution in [3.63, 3.8) is 0 Å². The summed E-state index contributed by atoms with van der Waals surface area (Å²) in [6, 6.07) is 9.82. The molecule has 2 heterocycles. The van der Waals surface area contributed by atoms with E-state index in [4.69, 9.17) is 9.57 Å². The Balaban J connectivity index is 1.31. The van der Waals surface area contributed by atoms with E-state index in [-0.39, 0.29) is 11.8 Å². The maximum Gasteiger partial charge on any atom is 0.166 e. The normalized spacial score (nSPS) is 34.6. The number of aliphatic hydroxyl groups is 1. The molecule has 2 saturated carbocycles. The Morgan fingerprint density at radius 1 is 1.15 bits per heavy atom. The molecule has 5 aliphatic rings. The van der Waals surface area contributed by atoms with Gasteiger partial charge in [0.25, 0.3) is 0 Å². The van der Waals surface area contributed by atoms with Crippen LogP contribution >= 0.6 is 0 Å². The highest BCUT2D eigenvalue weighted by molar-refractivity contribution is 5.94. The van der Waals surface area contributed by atoms with E-state index < -0.39 is 17.1 Å². The van der Waals surface area contributed by atoms with Gasteiger partial charge in [0.2, 0.25) is 0 Å². The molecule has 2 N–H and O–H groups in total. The van der Waals surface area contributed by atoms with E-state index in [0.717, 1.165) is 48.7 Å². The number of hydrogen-bond donors (Lipinski definition) is 2. The smallest absolute Gasteiger partial charge is 0.166 e. The predicted molar refractivity (Wildman–Crippen MR) is 129 cm³/mol. The lowest BCUT2D eigenvalue weighted by atomic mass is 9.49. The van der Waals surface area contributed by atoms with Crippen molar-refractivity contribution in [1.82, 2.24) is 4.90 Å². The van der Waals surface area contributed by atoms with Gasteiger partial charge in [-0.05, 0) is 99.7 Å². The summed E-state index contributed by atoms with van der Waals surface area (Å²) in [6.45, 7) is 6.15. The summed E-state index contributed by atoms with van der Waals surface area (Å²) < 4.78 is 6.51. The Morgan fingerprint density at radius 2 is 2.00 bits per heavy atom. The average molecular weight is 461 g/mol. The molecule has 1 saturated heterocycles. The molecule has 0 radical (unpaired) electrons. The molecule has 2 bridgehead atoms. The summed E-state index contributed by atoms with van der Waals surface area (Å²) in [4.78, 5) is 8.45. The lowest BCUT2D eigenvalue weighted by Gasteiger charge is -2.63. The number of benzene rings is 2. The molecule has 178 valence electrons. The molecule has 6 nitrogen and oxygen atoms in total. The summed E-state index contributed by atoms with van der Waals surface area (Å²) in [5.74, 6) is 2.17. The number of hydrogen-bond acceptors (Lipinski definition) is 6. The number of ether oxygens (including phenoxy) is 1. The Kier molecular flexibility index (Phi) is 4.27. The van der Waals surface area contributed by atoms with Gasteiger partial charge in [-0.1, -0.05) is 17.3 Å². The quantitative estimate of drug-likeness (QED) is 0.675. The predicted octanol–water partition coefficient (Wildman–Crippen LogP) is 4.01. The first-order valence-corrected chi connectivity index (χ1v) is 12.7. The van der Waals surface area contributed by atoms with E-state index in [1.165, 1.54) is 24.0 Å². The Labute approximate surface area is 200 Å². The van der Waals surface area contributed by atoms with Gasteiger partial charge in [-0.3, -0.25) is 4.90 Å². The number of phenols is 1. The van der Waals surface area contributed by atoms with Crippen LogP contribution in [0, 0.1) is 19.8 Å². The third-order valence-electron chi connectivity index (χ3n) is 9.33. The Hall–Kier alpha value is -2.57. The number of aryl methyl sites for hydroxylation is 2. The van der Waals surface area contributed by atoms with Crippen LogP contribution in [0.4, 0.5) is 0 Å². The summed E-state index contributed by atoms with van der Waals surface area (Å²) >= 11 is 0. The second-order valence-electron chi connectivity index (χ2n) is 11.2. The van der Waals surface area contributed by atoms with E-state index >= 15 is 0 Å². The first kappa shape index (κ1) is 20.8. The molecule has 7 rings (SSSR count). The lowest BCUT2D eigenvalue weighted by molar-refractivity contribution is -0.167. The van der Waals surface area contributed by atoms with Gasteiger partial charge in [-0.25, -0.2) is 0 Å². The van der Waals surface area contributed by atoms with Gasteiger partial charge in [-0.2, -0.15) is 0 Å². The van der Waals surface area contributed by atoms with Crippen LogP contribution in [-0.2, 0) is 11.8 Å². The Bertz CT molecular complexity index is 1220. The summed E-state index contributed by atoms with van der Waals surface area (Å²) in [7, 11) is 0. The van der Waals surface area contributed by atoms with Crippen molar-refractivity contribution in [2.24, 2.45) is 11.1 Å². The van der Waals surface area contributed by atoms with Gasteiger partial charge < -0.3 is 19.8 Å². The van der Waals surface area contributed by atoms with Crippen LogP contribution in [0.1, 0.15) is 54.4 Å². The highest BCUT2D eigenvalue weighted by Gasteiger charge is 2.72. The van der Waals surface area contributed by atoms with E-state index in [9.17, 15) is 10.2 Å². The van der Waals surface area contributed by atoms with E-state index in [1.54, 1.807) is 6.07 Å². The van der Waals surface area contributed by atoms with Gasteiger partial charge in [0, 0.05) is 18.2 Å². The number of rotatable bonds is 4. The fraction of sp³-hybridized carbons (Fsp3) is 0.536. The molecule has 2 aliphatic heterocycles. The number of likely N-dealkylation sites (tertiary alicyclic amines) is 1. The minimum absolute atomic E-state index is 0.0677. The van der Waals surface area contributed by atoms with Crippen LogP contribution in [0.25, 0.3) is 0 Å². The molecule has 4 atom stereocenters. The van der Waals surface area contributed by atoms with Crippen molar-refractivity contribution >= 4 is 5.71 Å². The molecule has 2 aromatic carbocycles. The van der Waals surface area contributed by atoms with Crippen LogP contribution in [0.5, 0.6) is 17.2 Å². The Morgan fingerprint density at radius 3 is 2.79 bits per heavy atom. The summed E-state index contributed by atoms with van der Waals surface area (Å²) in [5.41, 5.74) is 3.90. The first-order chi connectivity index (χ1) is 16.4. The van der Waals surface area contributed by atoms with Gasteiger partial charge >= 0.3 is 0 Å². The largest absolute Gasteiger partial charge is 0.504 e. The summed E-state index contributed by atoms with van der Waals surface area (Å²) in [5, 5.41) is 27.8. The third-order valence-corrected chi connectivity index (χ3v) is 9.33. The second-order valence-corrected chi connectivity index (χ2v) is 11.2. The number of aromatic hydroxyl groups is 1. The van der Waals surface area contributed by atoms with E-state index in [0.29, 0.717) is 24.3 Å². The topological polar surface area (TPSA) is 74.5 Å². The molecule has 0 aromatic heterocycles. The molecule has 1 spiro atoms. The SMILES string of the molecule is Cc1ccc(O/N=C2\CC[C@@]3(O)[C@H]4Cc5ccc(O)c6c5[C@@]3(CCN4CC3CC3)[C@H]2O6)cc1C. The monoisotopic (exact) mass is 460 g/mol. The third kappa shape index (κ3) is 2.67. The first-order valence-electron chi connectivity index (χ1n) is 12.7. The van der Waals surface area contributed by atoms with Crippen molar-refractivity contribution in [3.05, 3.63) is 52.6 Å². The highest BCUT2D eigenvalue weighted by atomic mass is 16.6. The zero-order valence-corrected chi connectivity index (χ0v) is 19.9. The second kappa shape index (κ2) is 6.98. The van der Waals surface area contributed by atoms with Gasteiger partial charge in [0.05, 0.1) is 16.7 Å². The average Bonchev–Trinajstić information content (AvgIpc) is 3.56. The van der Waals surface area contributed by atoms with Crippen molar-refractivity contribution in [2.75, 3.05) is 13.1 Å². The van der Waals surface area contributed by atoms with Crippen molar-refractivity contribution in [2.45, 2.75) is 75.5 Å². The van der Waals surface area contributed by atoms with Crippen LogP contribution in [0.3, 0.4) is 0 Å². The molecular weight excluding hydrogens is 428 g/mol. The summed E-state index contributed by atoms with van der Waals surface area (Å²) in [6.07, 6.45) is 5.03. The van der Waals surface area contributed by atoms with Gasteiger partial charge in [0.1, 0.15) is 0 Å². The van der Waals surface area contributed by atoms with Crippen LogP contribution in [0.15, 0.2) is 35.5 Å². The van der Waals surface area contributed by atoms with Crippen molar-refractivity contribution in [1.29, 1.82) is 0 Å².